The van der Waals surface area contributed by atoms with Gasteiger partial charge in [0.25, 0.3) is 0 Å². The Morgan fingerprint density at radius 1 is 1.33 bits per heavy atom. The Kier molecular flexibility index (Phi) is 4.15. The first-order valence-corrected chi connectivity index (χ1v) is 8.77. The van der Waals surface area contributed by atoms with Crippen molar-refractivity contribution in [2.75, 3.05) is 7.11 Å². The van der Waals surface area contributed by atoms with Gasteiger partial charge in [-0.3, -0.25) is 5.10 Å². The molecular formula is C18H18ClFN6O. The van der Waals surface area contributed by atoms with Crippen LogP contribution >= 0.6 is 11.6 Å². The standard InChI is InChI=1S/C18H18ClFN6O/c1-9(2)17-22-18(24-23-17)16-15(26-6-5-21-8-26)10-7-11(27-4)12(19)13(20)14(10)25(16)3/h5-9H,1-4H3,(H,22,23,24). The molecule has 9 heteroatoms. The third-order valence-corrected chi connectivity index (χ3v) is 4.89. The van der Waals surface area contributed by atoms with E-state index in [-0.39, 0.29) is 16.7 Å². The van der Waals surface area contributed by atoms with Crippen molar-refractivity contribution >= 4 is 22.5 Å². The molecule has 0 atom stereocenters. The number of benzene rings is 1. The molecule has 4 rings (SSSR count). The fourth-order valence-electron chi connectivity index (χ4n) is 3.20. The lowest BCUT2D eigenvalue weighted by Crippen LogP contribution is -1.99. The first-order chi connectivity index (χ1) is 12.9. The molecule has 0 saturated carbocycles. The molecule has 0 saturated heterocycles. The number of ether oxygens (including phenoxy) is 1. The van der Waals surface area contributed by atoms with Crippen LogP contribution in [-0.2, 0) is 7.05 Å². The predicted octanol–water partition coefficient (Wildman–Crippen LogP) is 4.07. The number of imidazole rings is 1. The van der Waals surface area contributed by atoms with Gasteiger partial charge in [0.15, 0.2) is 11.6 Å². The Labute approximate surface area is 159 Å². The molecule has 1 aromatic carbocycles. The van der Waals surface area contributed by atoms with E-state index in [0.717, 1.165) is 5.82 Å². The van der Waals surface area contributed by atoms with E-state index in [1.807, 2.05) is 13.8 Å². The fraction of sp³-hybridized carbons (Fsp3) is 0.278. The number of fused-ring (bicyclic) bond motifs is 1. The lowest BCUT2D eigenvalue weighted by Gasteiger charge is -2.07. The number of halogens is 2. The van der Waals surface area contributed by atoms with Crippen molar-refractivity contribution in [2.45, 2.75) is 19.8 Å². The summed E-state index contributed by atoms with van der Waals surface area (Å²) in [5.41, 5.74) is 1.69. The average Bonchev–Trinajstić information content (AvgIpc) is 3.36. The number of aryl methyl sites for hydroxylation is 1. The second-order valence-corrected chi connectivity index (χ2v) is 6.91. The summed E-state index contributed by atoms with van der Waals surface area (Å²) in [5, 5.41) is 7.87. The summed E-state index contributed by atoms with van der Waals surface area (Å²) in [5.74, 6) is 1.11. The molecule has 1 N–H and O–H groups in total. The molecule has 0 unspecified atom stereocenters. The number of hydrogen-bond acceptors (Lipinski definition) is 4. The summed E-state index contributed by atoms with van der Waals surface area (Å²) in [7, 11) is 3.22. The van der Waals surface area contributed by atoms with E-state index in [1.165, 1.54) is 7.11 Å². The highest BCUT2D eigenvalue weighted by Gasteiger charge is 2.26. The molecule has 4 aromatic rings. The first kappa shape index (κ1) is 17.5. The van der Waals surface area contributed by atoms with E-state index in [2.05, 4.69) is 20.2 Å². The summed E-state index contributed by atoms with van der Waals surface area (Å²) in [4.78, 5) is 8.71. The van der Waals surface area contributed by atoms with Crippen LogP contribution in [0.2, 0.25) is 5.02 Å². The predicted molar refractivity (Wildman–Crippen MR) is 101 cm³/mol. The highest BCUT2D eigenvalue weighted by Crippen LogP contribution is 2.41. The second-order valence-electron chi connectivity index (χ2n) is 6.53. The normalized spacial score (nSPS) is 11.7. The smallest absolute Gasteiger partial charge is 0.200 e. The SMILES string of the molecule is COc1cc2c(-n3ccnc3)c(-c3n[nH]c(C(C)C)n3)n(C)c2c(F)c1Cl. The quantitative estimate of drug-likeness (QED) is 0.571. The minimum absolute atomic E-state index is 0.0628. The zero-order valence-electron chi connectivity index (χ0n) is 15.3. The molecule has 0 radical (unpaired) electrons. The summed E-state index contributed by atoms with van der Waals surface area (Å²) in [6, 6.07) is 1.72. The minimum Gasteiger partial charge on any atom is -0.495 e. The Morgan fingerprint density at radius 2 is 2.11 bits per heavy atom. The van der Waals surface area contributed by atoms with E-state index >= 15 is 4.39 Å². The number of nitrogens with zero attached hydrogens (tertiary/aromatic N) is 5. The lowest BCUT2D eigenvalue weighted by atomic mass is 10.2. The zero-order valence-corrected chi connectivity index (χ0v) is 16.0. The van der Waals surface area contributed by atoms with Crippen LogP contribution in [0.15, 0.2) is 24.8 Å². The van der Waals surface area contributed by atoms with Crippen molar-refractivity contribution < 1.29 is 9.13 Å². The third kappa shape index (κ3) is 2.59. The molecule has 3 heterocycles. The van der Waals surface area contributed by atoms with Gasteiger partial charge in [0.2, 0.25) is 0 Å². The number of methoxy groups -OCH3 is 1. The Balaban J connectivity index is 2.12. The van der Waals surface area contributed by atoms with Crippen LogP contribution < -0.4 is 4.74 Å². The Morgan fingerprint density at radius 3 is 2.70 bits per heavy atom. The van der Waals surface area contributed by atoms with Gasteiger partial charge in [0.05, 0.1) is 24.6 Å². The number of nitrogens with one attached hydrogen (secondary N) is 1. The summed E-state index contributed by atoms with van der Waals surface area (Å²) < 4.78 is 23.8. The van der Waals surface area contributed by atoms with E-state index in [4.69, 9.17) is 16.3 Å². The highest BCUT2D eigenvalue weighted by molar-refractivity contribution is 6.33. The van der Waals surface area contributed by atoms with Crippen molar-refractivity contribution in [3.05, 3.63) is 41.5 Å². The maximum Gasteiger partial charge on any atom is 0.200 e. The van der Waals surface area contributed by atoms with Crippen LogP contribution in [0.5, 0.6) is 5.75 Å². The van der Waals surface area contributed by atoms with Crippen LogP contribution in [0.4, 0.5) is 4.39 Å². The van der Waals surface area contributed by atoms with Gasteiger partial charge in [-0.1, -0.05) is 25.4 Å². The van der Waals surface area contributed by atoms with Gasteiger partial charge in [0.1, 0.15) is 22.3 Å². The summed E-state index contributed by atoms with van der Waals surface area (Å²) in [6.07, 6.45) is 5.09. The van der Waals surface area contributed by atoms with Gasteiger partial charge >= 0.3 is 0 Å². The van der Waals surface area contributed by atoms with Crippen LogP contribution in [0.3, 0.4) is 0 Å². The molecule has 0 fully saturated rings. The molecule has 0 aliphatic heterocycles. The van der Waals surface area contributed by atoms with Gasteiger partial charge in [0, 0.05) is 30.7 Å². The lowest BCUT2D eigenvalue weighted by molar-refractivity contribution is 0.412. The number of aromatic nitrogens is 6. The topological polar surface area (TPSA) is 73.6 Å². The molecule has 0 amide bonds. The van der Waals surface area contributed by atoms with Crippen LogP contribution in [-0.4, -0.2) is 36.4 Å². The molecule has 0 aliphatic carbocycles. The van der Waals surface area contributed by atoms with Crippen molar-refractivity contribution in [2.24, 2.45) is 7.05 Å². The van der Waals surface area contributed by atoms with Gasteiger partial charge in [-0.05, 0) is 6.07 Å². The Hall–Kier alpha value is -2.87. The van der Waals surface area contributed by atoms with Crippen LogP contribution in [0, 0.1) is 5.82 Å². The van der Waals surface area contributed by atoms with E-state index in [9.17, 15) is 0 Å². The molecule has 7 nitrogen and oxygen atoms in total. The van der Waals surface area contributed by atoms with Gasteiger partial charge in [-0.15, -0.1) is 0 Å². The van der Waals surface area contributed by atoms with Gasteiger partial charge < -0.3 is 13.9 Å². The average molecular weight is 389 g/mol. The molecule has 0 aliphatic rings. The number of H-pyrrole nitrogens is 1. The molecule has 3 aromatic heterocycles. The maximum absolute atomic E-state index is 15.1. The first-order valence-electron chi connectivity index (χ1n) is 8.39. The molecular weight excluding hydrogens is 371 g/mol. The fourth-order valence-corrected chi connectivity index (χ4v) is 3.42. The van der Waals surface area contributed by atoms with Gasteiger partial charge in [-0.25, -0.2) is 14.4 Å². The van der Waals surface area contributed by atoms with E-state index in [1.54, 1.807) is 41.0 Å². The minimum atomic E-state index is -0.555. The molecule has 140 valence electrons. The Bertz CT molecular complexity index is 1130. The van der Waals surface area contributed by atoms with Crippen molar-refractivity contribution in [3.63, 3.8) is 0 Å². The molecule has 0 spiro atoms. The van der Waals surface area contributed by atoms with Crippen molar-refractivity contribution in [1.82, 2.24) is 29.3 Å². The van der Waals surface area contributed by atoms with E-state index in [0.29, 0.717) is 28.1 Å². The molecule has 0 bridgehead atoms. The van der Waals surface area contributed by atoms with Gasteiger partial charge in [-0.2, -0.15) is 5.10 Å². The van der Waals surface area contributed by atoms with Crippen LogP contribution in [0.1, 0.15) is 25.6 Å². The van der Waals surface area contributed by atoms with Crippen molar-refractivity contribution in [3.8, 4) is 23.0 Å². The third-order valence-electron chi connectivity index (χ3n) is 4.54. The monoisotopic (exact) mass is 388 g/mol. The highest BCUT2D eigenvalue weighted by atomic mass is 35.5. The second kappa shape index (κ2) is 6.38. The number of rotatable bonds is 4. The largest absolute Gasteiger partial charge is 0.495 e. The number of aromatic amines is 1. The van der Waals surface area contributed by atoms with E-state index < -0.39 is 5.82 Å². The zero-order chi connectivity index (χ0) is 19.3. The van der Waals surface area contributed by atoms with Crippen molar-refractivity contribution in [1.29, 1.82) is 0 Å². The number of hydrogen-bond donors (Lipinski definition) is 1. The molecule has 27 heavy (non-hydrogen) atoms. The van der Waals surface area contributed by atoms with Crippen LogP contribution in [0.25, 0.3) is 28.1 Å². The maximum atomic E-state index is 15.1. The summed E-state index contributed by atoms with van der Waals surface area (Å²) >= 11 is 6.15. The summed E-state index contributed by atoms with van der Waals surface area (Å²) in [6.45, 7) is 4.04.